The Balaban J connectivity index is 2.03. The van der Waals surface area contributed by atoms with Crippen LogP contribution in [0.2, 0.25) is 0 Å². The molecule has 0 saturated heterocycles. The lowest BCUT2D eigenvalue weighted by Gasteiger charge is -2.18. The van der Waals surface area contributed by atoms with Gasteiger partial charge in [-0.15, -0.1) is 11.8 Å². The summed E-state index contributed by atoms with van der Waals surface area (Å²) in [5.74, 6) is 0.227. The highest BCUT2D eigenvalue weighted by Crippen LogP contribution is 2.29. The molecule has 2 rings (SSSR count). The van der Waals surface area contributed by atoms with Crippen molar-refractivity contribution in [3.8, 4) is 11.5 Å². The summed E-state index contributed by atoms with van der Waals surface area (Å²) in [5.41, 5.74) is 0.990. The minimum atomic E-state index is -1.01. The van der Waals surface area contributed by atoms with E-state index >= 15 is 0 Å². The maximum absolute atomic E-state index is 12.3. The fourth-order valence-corrected chi connectivity index (χ4v) is 3.31. The molecule has 26 heavy (non-hydrogen) atoms. The maximum Gasteiger partial charge on any atom is 0.336 e. The fourth-order valence-electron chi connectivity index (χ4n) is 2.45. The number of carbonyl (C=O) groups excluding carboxylic acids is 1. The van der Waals surface area contributed by atoms with Crippen LogP contribution in [0.1, 0.15) is 28.9 Å². The molecule has 138 valence electrons. The lowest BCUT2D eigenvalue weighted by molar-refractivity contribution is -0.119. The minimum absolute atomic E-state index is 0.112. The maximum atomic E-state index is 12.3. The third-order valence-corrected chi connectivity index (χ3v) is 4.83. The molecule has 0 fully saturated rings. The Bertz CT molecular complexity index is 793. The third-order valence-electron chi connectivity index (χ3n) is 3.76. The molecule has 0 heterocycles. The molecule has 1 atom stereocenters. The predicted molar refractivity (Wildman–Crippen MR) is 100 cm³/mol. The van der Waals surface area contributed by atoms with Gasteiger partial charge < -0.3 is 19.9 Å². The molecule has 6 nitrogen and oxygen atoms in total. The van der Waals surface area contributed by atoms with E-state index in [4.69, 9.17) is 9.47 Å². The number of ether oxygens (including phenoxy) is 2. The van der Waals surface area contributed by atoms with E-state index in [1.807, 2.05) is 13.0 Å². The number of methoxy groups -OCH3 is 2. The minimum Gasteiger partial charge on any atom is -0.497 e. The van der Waals surface area contributed by atoms with Crippen molar-refractivity contribution >= 4 is 23.6 Å². The molecule has 0 aliphatic carbocycles. The van der Waals surface area contributed by atoms with E-state index in [9.17, 15) is 14.7 Å². The molecule has 0 saturated carbocycles. The molecule has 0 aliphatic rings. The summed E-state index contributed by atoms with van der Waals surface area (Å²) < 4.78 is 10.6. The van der Waals surface area contributed by atoms with Crippen molar-refractivity contribution in [3.05, 3.63) is 53.6 Å². The Morgan fingerprint density at radius 3 is 2.54 bits per heavy atom. The van der Waals surface area contributed by atoms with Crippen LogP contribution in [-0.2, 0) is 4.79 Å². The van der Waals surface area contributed by atoms with E-state index < -0.39 is 5.97 Å². The van der Waals surface area contributed by atoms with Crippen LogP contribution < -0.4 is 14.8 Å². The van der Waals surface area contributed by atoms with Gasteiger partial charge in [-0.2, -0.15) is 0 Å². The van der Waals surface area contributed by atoms with Crippen LogP contribution in [0.4, 0.5) is 0 Å². The SMILES string of the molecule is COc1ccc(OC)c([C@@H](C)NC(=O)CSc2ccccc2C(=O)O)c1. The van der Waals surface area contributed by atoms with Crippen molar-refractivity contribution in [2.45, 2.75) is 17.9 Å². The number of hydrogen-bond donors (Lipinski definition) is 2. The van der Waals surface area contributed by atoms with Crippen LogP contribution in [0.5, 0.6) is 11.5 Å². The Morgan fingerprint density at radius 2 is 1.88 bits per heavy atom. The highest BCUT2D eigenvalue weighted by atomic mass is 32.2. The average molecular weight is 375 g/mol. The highest BCUT2D eigenvalue weighted by molar-refractivity contribution is 8.00. The number of carbonyl (C=O) groups is 2. The van der Waals surface area contributed by atoms with Crippen molar-refractivity contribution in [2.75, 3.05) is 20.0 Å². The standard InChI is InChI=1S/C19H21NO5S/c1-12(15-10-13(24-2)8-9-16(15)25-3)20-18(21)11-26-17-7-5-4-6-14(17)19(22)23/h4-10,12H,11H2,1-3H3,(H,20,21)(H,22,23)/t12-/m1/s1. The van der Waals surface area contributed by atoms with Gasteiger partial charge in [0.25, 0.3) is 0 Å². The molecule has 0 aliphatic heterocycles. The largest absolute Gasteiger partial charge is 0.497 e. The Morgan fingerprint density at radius 1 is 1.15 bits per heavy atom. The highest BCUT2D eigenvalue weighted by Gasteiger charge is 2.16. The second-order valence-electron chi connectivity index (χ2n) is 5.49. The first-order chi connectivity index (χ1) is 12.5. The summed E-state index contributed by atoms with van der Waals surface area (Å²) in [6, 6.07) is 11.7. The van der Waals surface area contributed by atoms with Crippen LogP contribution >= 0.6 is 11.8 Å². The van der Waals surface area contributed by atoms with Gasteiger partial charge >= 0.3 is 5.97 Å². The van der Waals surface area contributed by atoms with Gasteiger partial charge in [-0.1, -0.05) is 12.1 Å². The Labute approximate surface area is 156 Å². The molecule has 2 aromatic rings. The van der Waals surface area contributed by atoms with Crippen LogP contribution in [0.15, 0.2) is 47.4 Å². The monoisotopic (exact) mass is 375 g/mol. The fraction of sp³-hybridized carbons (Fsp3) is 0.263. The van der Waals surface area contributed by atoms with Crippen molar-refractivity contribution in [1.82, 2.24) is 5.32 Å². The number of rotatable bonds is 8. The number of amides is 1. The molecule has 0 spiro atoms. The molecule has 2 aromatic carbocycles. The lowest BCUT2D eigenvalue weighted by atomic mass is 10.1. The predicted octanol–water partition coefficient (Wildman–Crippen LogP) is 3.37. The van der Waals surface area contributed by atoms with Crippen LogP contribution in [0, 0.1) is 0 Å². The van der Waals surface area contributed by atoms with Gasteiger partial charge in [0, 0.05) is 10.5 Å². The second kappa shape index (κ2) is 9.15. The molecular weight excluding hydrogens is 354 g/mol. The molecule has 7 heteroatoms. The summed E-state index contributed by atoms with van der Waals surface area (Å²) in [6.45, 7) is 1.85. The molecular formula is C19H21NO5S. The summed E-state index contributed by atoms with van der Waals surface area (Å²) in [5, 5.41) is 12.1. The lowest BCUT2D eigenvalue weighted by Crippen LogP contribution is -2.28. The molecule has 2 N–H and O–H groups in total. The first-order valence-electron chi connectivity index (χ1n) is 7.92. The number of thioether (sulfide) groups is 1. The smallest absolute Gasteiger partial charge is 0.336 e. The summed E-state index contributed by atoms with van der Waals surface area (Å²) >= 11 is 1.19. The molecule has 0 bridgehead atoms. The molecule has 1 amide bonds. The number of hydrogen-bond acceptors (Lipinski definition) is 5. The van der Waals surface area contributed by atoms with Crippen molar-refractivity contribution < 1.29 is 24.2 Å². The molecule has 0 aromatic heterocycles. The van der Waals surface area contributed by atoms with E-state index in [0.717, 1.165) is 5.56 Å². The van der Waals surface area contributed by atoms with Gasteiger partial charge in [0.05, 0.1) is 31.6 Å². The van der Waals surface area contributed by atoms with Crippen LogP contribution in [-0.4, -0.2) is 37.0 Å². The third kappa shape index (κ3) is 4.92. The van der Waals surface area contributed by atoms with E-state index in [0.29, 0.717) is 16.4 Å². The van der Waals surface area contributed by atoms with Crippen molar-refractivity contribution in [2.24, 2.45) is 0 Å². The van der Waals surface area contributed by atoms with Gasteiger partial charge in [0.1, 0.15) is 11.5 Å². The van der Waals surface area contributed by atoms with E-state index in [1.165, 1.54) is 17.8 Å². The van der Waals surface area contributed by atoms with Gasteiger partial charge in [-0.25, -0.2) is 4.79 Å². The molecule has 0 radical (unpaired) electrons. The van der Waals surface area contributed by atoms with Crippen LogP contribution in [0.25, 0.3) is 0 Å². The summed E-state index contributed by atoms with van der Waals surface area (Å²) in [6.07, 6.45) is 0. The summed E-state index contributed by atoms with van der Waals surface area (Å²) in [4.78, 5) is 24.1. The van der Waals surface area contributed by atoms with Gasteiger partial charge in [-0.3, -0.25) is 4.79 Å². The zero-order valence-electron chi connectivity index (χ0n) is 14.8. The Kier molecular flexibility index (Phi) is 6.91. The average Bonchev–Trinajstić information content (AvgIpc) is 2.65. The topological polar surface area (TPSA) is 84.9 Å². The number of aromatic carboxylic acids is 1. The number of carboxylic acids is 1. The van der Waals surface area contributed by atoms with E-state index in [1.54, 1.807) is 44.6 Å². The van der Waals surface area contributed by atoms with Crippen molar-refractivity contribution in [1.29, 1.82) is 0 Å². The first-order valence-corrected chi connectivity index (χ1v) is 8.91. The quantitative estimate of drug-likeness (QED) is 0.688. The molecule has 0 unspecified atom stereocenters. The van der Waals surface area contributed by atoms with Crippen molar-refractivity contribution in [3.63, 3.8) is 0 Å². The Hall–Kier alpha value is -2.67. The van der Waals surface area contributed by atoms with Gasteiger partial charge in [0.2, 0.25) is 5.91 Å². The first kappa shape index (κ1) is 19.7. The summed E-state index contributed by atoms with van der Waals surface area (Å²) in [7, 11) is 3.14. The number of carboxylic acid groups (broad SMARTS) is 1. The van der Waals surface area contributed by atoms with Gasteiger partial charge in [-0.05, 0) is 37.3 Å². The van der Waals surface area contributed by atoms with E-state index in [2.05, 4.69) is 5.32 Å². The zero-order valence-corrected chi connectivity index (χ0v) is 15.6. The van der Waals surface area contributed by atoms with Gasteiger partial charge in [0.15, 0.2) is 0 Å². The second-order valence-corrected chi connectivity index (χ2v) is 6.50. The normalized spacial score (nSPS) is 11.5. The number of nitrogens with one attached hydrogen (secondary N) is 1. The number of benzene rings is 2. The van der Waals surface area contributed by atoms with Crippen LogP contribution in [0.3, 0.4) is 0 Å². The van der Waals surface area contributed by atoms with E-state index in [-0.39, 0.29) is 23.3 Å². The zero-order chi connectivity index (χ0) is 19.1.